The number of nitrogens with one attached hydrogen (secondary N) is 1. The molecular formula is C20H25ClN4O4S2. The quantitative estimate of drug-likeness (QED) is 0.696. The number of piperidine rings is 1. The zero-order valence-electron chi connectivity index (χ0n) is 17.2. The van der Waals surface area contributed by atoms with Crippen molar-refractivity contribution in [3.8, 4) is 0 Å². The van der Waals surface area contributed by atoms with Crippen LogP contribution in [0.1, 0.15) is 12.8 Å². The lowest BCUT2D eigenvalue weighted by atomic mass is 10.1. The van der Waals surface area contributed by atoms with E-state index >= 15 is 0 Å². The monoisotopic (exact) mass is 484 g/mol. The maximum absolute atomic E-state index is 12.9. The molecule has 0 spiro atoms. The Balaban J connectivity index is 1.43. The summed E-state index contributed by atoms with van der Waals surface area (Å²) in [5, 5.41) is 1.32. The van der Waals surface area contributed by atoms with Gasteiger partial charge in [0, 0.05) is 42.4 Å². The molecule has 1 aromatic heterocycles. The van der Waals surface area contributed by atoms with E-state index in [2.05, 4.69) is 9.62 Å². The highest BCUT2D eigenvalue weighted by atomic mass is 35.5. The van der Waals surface area contributed by atoms with Gasteiger partial charge in [0.05, 0.1) is 6.54 Å². The highest BCUT2D eigenvalue weighted by Crippen LogP contribution is 2.31. The fourth-order valence-corrected chi connectivity index (χ4v) is 6.80. The number of benzene rings is 1. The zero-order chi connectivity index (χ0) is 22.2. The van der Waals surface area contributed by atoms with Crippen LogP contribution in [-0.2, 0) is 19.6 Å². The normalized spacial score (nSPS) is 21.1. The Morgan fingerprint density at radius 1 is 1.19 bits per heavy atom. The zero-order valence-corrected chi connectivity index (χ0v) is 19.6. The minimum Gasteiger partial charge on any atom is -0.339 e. The third-order valence-electron chi connectivity index (χ3n) is 5.73. The van der Waals surface area contributed by atoms with Crippen LogP contribution in [0.15, 0.2) is 28.5 Å². The maximum Gasteiger partial charge on any atom is 0.250 e. The van der Waals surface area contributed by atoms with Gasteiger partial charge in [-0.2, -0.15) is 4.72 Å². The number of piperazine rings is 1. The number of carbonyl (C=O) groups excluding carboxylic acids is 2. The standard InChI is InChI=1S/C20H25ClN4O4S2/c1-23-7-9-24(10-8-23)18(26)13-25-6-2-3-16(20(25)27)22-31(28,29)19-11-14-4-5-15(21)12-17(14)30-19/h4-5,11-12,16,22H,2-3,6-10,13H2,1H3/t16-/m0/s1. The first-order valence-corrected chi connectivity index (χ1v) is 12.9. The SMILES string of the molecule is CN1CCN(C(=O)CN2CCC[C@H](NS(=O)(=O)c3cc4ccc(Cl)cc4s3)C2=O)CC1. The van der Waals surface area contributed by atoms with E-state index in [4.69, 9.17) is 11.6 Å². The highest BCUT2D eigenvalue weighted by molar-refractivity contribution is 7.91. The molecule has 0 saturated carbocycles. The molecular weight excluding hydrogens is 460 g/mol. The summed E-state index contributed by atoms with van der Waals surface area (Å²) >= 11 is 7.11. The Labute approximate surface area is 190 Å². The van der Waals surface area contributed by atoms with Crippen molar-refractivity contribution in [3.63, 3.8) is 0 Å². The van der Waals surface area contributed by atoms with Gasteiger partial charge in [0.15, 0.2) is 0 Å². The first kappa shape index (κ1) is 22.5. The van der Waals surface area contributed by atoms with Crippen LogP contribution in [-0.4, -0.2) is 87.3 Å². The average Bonchev–Trinajstić information content (AvgIpc) is 3.15. The van der Waals surface area contributed by atoms with Gasteiger partial charge in [0.25, 0.3) is 10.0 Å². The van der Waals surface area contributed by atoms with Crippen LogP contribution in [0.3, 0.4) is 0 Å². The van der Waals surface area contributed by atoms with Crippen molar-refractivity contribution >= 4 is 54.9 Å². The summed E-state index contributed by atoms with van der Waals surface area (Å²) in [4.78, 5) is 30.9. The van der Waals surface area contributed by atoms with E-state index in [1.54, 1.807) is 29.2 Å². The maximum atomic E-state index is 12.9. The molecule has 2 aliphatic heterocycles. The van der Waals surface area contributed by atoms with Crippen LogP contribution in [0.4, 0.5) is 0 Å². The molecule has 1 N–H and O–H groups in total. The largest absolute Gasteiger partial charge is 0.339 e. The van der Waals surface area contributed by atoms with Gasteiger partial charge in [-0.3, -0.25) is 9.59 Å². The van der Waals surface area contributed by atoms with Crippen molar-refractivity contribution in [2.24, 2.45) is 0 Å². The molecule has 8 nitrogen and oxygen atoms in total. The van der Waals surface area contributed by atoms with Gasteiger partial charge in [-0.1, -0.05) is 17.7 Å². The minimum absolute atomic E-state index is 0.0117. The lowest BCUT2D eigenvalue weighted by Gasteiger charge is -2.36. The van der Waals surface area contributed by atoms with Gasteiger partial charge in [-0.25, -0.2) is 8.42 Å². The first-order chi connectivity index (χ1) is 14.7. The van der Waals surface area contributed by atoms with Gasteiger partial charge in [-0.05, 0) is 43.5 Å². The molecule has 168 valence electrons. The van der Waals surface area contributed by atoms with Crippen molar-refractivity contribution in [1.82, 2.24) is 19.4 Å². The molecule has 4 rings (SSSR count). The predicted molar refractivity (Wildman–Crippen MR) is 121 cm³/mol. The Kier molecular flexibility index (Phi) is 6.55. The van der Waals surface area contributed by atoms with Gasteiger partial charge in [0.1, 0.15) is 10.3 Å². The number of nitrogens with zero attached hydrogens (tertiary/aromatic N) is 3. The Hall–Kier alpha value is -1.72. The van der Waals surface area contributed by atoms with Gasteiger partial charge in [0.2, 0.25) is 11.8 Å². The Morgan fingerprint density at radius 2 is 1.94 bits per heavy atom. The Morgan fingerprint density at radius 3 is 2.68 bits per heavy atom. The number of hydrogen-bond donors (Lipinski definition) is 1. The summed E-state index contributed by atoms with van der Waals surface area (Å²) in [5.41, 5.74) is 0. The van der Waals surface area contributed by atoms with E-state index in [9.17, 15) is 18.0 Å². The summed E-state index contributed by atoms with van der Waals surface area (Å²) in [6, 6.07) is 5.91. The molecule has 2 aromatic rings. The van der Waals surface area contributed by atoms with E-state index < -0.39 is 16.1 Å². The van der Waals surface area contributed by atoms with E-state index in [0.29, 0.717) is 37.5 Å². The number of likely N-dealkylation sites (tertiary alicyclic amines) is 1. The van der Waals surface area contributed by atoms with Crippen molar-refractivity contribution < 1.29 is 18.0 Å². The van der Waals surface area contributed by atoms with E-state index in [0.717, 1.165) is 34.5 Å². The average molecular weight is 485 g/mol. The molecule has 31 heavy (non-hydrogen) atoms. The number of rotatable bonds is 5. The van der Waals surface area contributed by atoms with Crippen molar-refractivity contribution in [1.29, 1.82) is 0 Å². The number of halogens is 1. The smallest absolute Gasteiger partial charge is 0.250 e. The number of likely N-dealkylation sites (N-methyl/N-ethyl adjacent to an activating group) is 1. The molecule has 0 radical (unpaired) electrons. The summed E-state index contributed by atoms with van der Waals surface area (Å²) in [5.74, 6) is -0.437. The van der Waals surface area contributed by atoms with Gasteiger partial charge in [-0.15, -0.1) is 11.3 Å². The number of thiophene rings is 1. The molecule has 2 saturated heterocycles. The van der Waals surface area contributed by atoms with Crippen LogP contribution in [0.25, 0.3) is 10.1 Å². The lowest BCUT2D eigenvalue weighted by molar-refractivity contribution is -0.143. The lowest BCUT2D eigenvalue weighted by Crippen LogP contribution is -2.56. The van der Waals surface area contributed by atoms with Crippen LogP contribution in [0.2, 0.25) is 5.02 Å². The van der Waals surface area contributed by atoms with Crippen molar-refractivity contribution in [3.05, 3.63) is 29.3 Å². The van der Waals surface area contributed by atoms with Gasteiger partial charge >= 0.3 is 0 Å². The second-order valence-corrected chi connectivity index (χ2v) is 11.5. The highest BCUT2D eigenvalue weighted by Gasteiger charge is 2.34. The molecule has 0 aliphatic carbocycles. The summed E-state index contributed by atoms with van der Waals surface area (Å²) in [7, 11) is -1.86. The predicted octanol–water partition coefficient (Wildman–Crippen LogP) is 1.60. The molecule has 0 bridgehead atoms. The van der Waals surface area contributed by atoms with Crippen LogP contribution < -0.4 is 4.72 Å². The number of carbonyl (C=O) groups is 2. The number of hydrogen-bond acceptors (Lipinski definition) is 6. The Bertz CT molecular complexity index is 1100. The molecule has 2 amide bonds. The second-order valence-electron chi connectivity index (χ2n) is 8.01. The summed E-state index contributed by atoms with van der Waals surface area (Å²) in [6.07, 6.45) is 1.05. The van der Waals surface area contributed by atoms with Crippen molar-refractivity contribution in [2.45, 2.75) is 23.1 Å². The van der Waals surface area contributed by atoms with E-state index in [1.807, 2.05) is 7.05 Å². The topological polar surface area (TPSA) is 90.0 Å². The molecule has 2 fully saturated rings. The van der Waals surface area contributed by atoms with Crippen LogP contribution in [0.5, 0.6) is 0 Å². The third kappa shape index (κ3) is 5.04. The molecule has 2 aliphatic rings. The van der Waals surface area contributed by atoms with Crippen LogP contribution >= 0.6 is 22.9 Å². The summed E-state index contributed by atoms with van der Waals surface area (Å²) < 4.78 is 29.3. The van der Waals surface area contributed by atoms with Gasteiger partial charge < -0.3 is 14.7 Å². The fourth-order valence-electron chi connectivity index (χ4n) is 3.88. The van der Waals surface area contributed by atoms with E-state index in [1.165, 1.54) is 4.90 Å². The van der Waals surface area contributed by atoms with Crippen molar-refractivity contribution in [2.75, 3.05) is 46.3 Å². The first-order valence-electron chi connectivity index (χ1n) is 10.2. The number of fused-ring (bicyclic) bond motifs is 1. The fraction of sp³-hybridized carbons (Fsp3) is 0.500. The second kappa shape index (κ2) is 9.03. The molecule has 11 heteroatoms. The number of amides is 2. The van der Waals surface area contributed by atoms with E-state index in [-0.39, 0.29) is 22.6 Å². The van der Waals surface area contributed by atoms with Crippen LogP contribution in [0, 0.1) is 0 Å². The minimum atomic E-state index is -3.87. The summed E-state index contributed by atoms with van der Waals surface area (Å²) in [6.45, 7) is 3.35. The molecule has 1 aromatic carbocycles. The third-order valence-corrected chi connectivity index (χ3v) is 9.01. The molecule has 1 atom stereocenters. The molecule has 0 unspecified atom stereocenters. The molecule has 3 heterocycles. The number of sulfonamides is 1.